The molecule has 0 aliphatic heterocycles. The molecular weight excluding hydrogens is 222 g/mol. The zero-order valence-corrected chi connectivity index (χ0v) is 13.3. The third-order valence-electron chi connectivity index (χ3n) is 4.50. The fourth-order valence-electron chi connectivity index (χ4n) is 3.47. The molecule has 1 rings (SSSR count). The number of rotatable bonds is 6. The smallest absolute Gasteiger partial charge is 0.0156 e. The molecule has 0 saturated heterocycles. The molecule has 1 aliphatic carbocycles. The summed E-state index contributed by atoms with van der Waals surface area (Å²) in [7, 11) is 8.68. The predicted octanol–water partition coefficient (Wildman–Crippen LogP) is 1.89. The number of nitrogens with one attached hydrogen (secondary N) is 1. The minimum atomic E-state index is 0.444. The van der Waals surface area contributed by atoms with Crippen LogP contribution in [0.5, 0.6) is 0 Å². The lowest BCUT2D eigenvalue weighted by atomic mass is 9.68. The van der Waals surface area contributed by atoms with E-state index in [1.54, 1.807) is 0 Å². The molecule has 0 radical (unpaired) electrons. The van der Waals surface area contributed by atoms with Gasteiger partial charge in [-0.15, -0.1) is 0 Å². The van der Waals surface area contributed by atoms with Crippen LogP contribution < -0.4 is 5.32 Å². The first-order valence-corrected chi connectivity index (χ1v) is 7.37. The lowest BCUT2D eigenvalue weighted by molar-refractivity contribution is 0.0888. The van der Waals surface area contributed by atoms with Gasteiger partial charge in [-0.05, 0) is 52.4 Å². The van der Waals surface area contributed by atoms with Gasteiger partial charge in [-0.2, -0.15) is 0 Å². The maximum Gasteiger partial charge on any atom is 0.0156 e. The Morgan fingerprint density at radius 2 is 1.83 bits per heavy atom. The summed E-state index contributed by atoms with van der Waals surface area (Å²) in [6.45, 7) is 8.38. The van der Waals surface area contributed by atoms with Crippen LogP contribution in [-0.4, -0.2) is 63.7 Å². The van der Waals surface area contributed by atoms with Gasteiger partial charge in [0.15, 0.2) is 0 Å². The minimum absolute atomic E-state index is 0.444. The topological polar surface area (TPSA) is 18.5 Å². The van der Waals surface area contributed by atoms with E-state index in [9.17, 15) is 0 Å². The number of hydrogen-bond acceptors (Lipinski definition) is 3. The van der Waals surface area contributed by atoms with Crippen molar-refractivity contribution in [2.75, 3.05) is 47.8 Å². The molecule has 0 aromatic rings. The van der Waals surface area contributed by atoms with Crippen LogP contribution in [0.25, 0.3) is 0 Å². The number of likely N-dealkylation sites (N-methyl/N-ethyl adjacent to an activating group) is 2. The molecule has 0 aromatic heterocycles. The zero-order valence-electron chi connectivity index (χ0n) is 13.3. The SMILES string of the molecule is CNC1C(CN(C)CCN(C)C)CCCC1(C)C. The largest absolute Gasteiger partial charge is 0.316 e. The molecule has 0 bridgehead atoms. The quantitative estimate of drug-likeness (QED) is 0.782. The summed E-state index contributed by atoms with van der Waals surface area (Å²) >= 11 is 0. The average molecular weight is 255 g/mol. The highest BCUT2D eigenvalue weighted by Gasteiger charge is 2.38. The molecule has 108 valence electrons. The second-order valence-corrected chi connectivity index (χ2v) is 6.97. The van der Waals surface area contributed by atoms with Crippen LogP contribution in [0, 0.1) is 11.3 Å². The Kier molecular flexibility index (Phi) is 6.09. The second kappa shape index (κ2) is 6.88. The molecule has 1 aliphatic rings. The fraction of sp³-hybridized carbons (Fsp3) is 1.00. The highest BCUT2D eigenvalue weighted by molar-refractivity contribution is 4.93. The molecule has 3 heteroatoms. The Morgan fingerprint density at radius 3 is 2.39 bits per heavy atom. The van der Waals surface area contributed by atoms with E-state index < -0.39 is 0 Å². The average Bonchev–Trinajstić information content (AvgIpc) is 2.25. The van der Waals surface area contributed by atoms with E-state index in [2.05, 4.69) is 57.2 Å². The molecule has 0 spiro atoms. The standard InChI is InChI=1S/C15H33N3/c1-15(2)9-7-8-13(14(15)16-3)12-18(6)11-10-17(4)5/h13-14,16H,7-12H2,1-6H3. The molecule has 1 fully saturated rings. The van der Waals surface area contributed by atoms with Crippen molar-refractivity contribution in [3.8, 4) is 0 Å². The van der Waals surface area contributed by atoms with Gasteiger partial charge in [-0.1, -0.05) is 20.3 Å². The fourth-order valence-corrected chi connectivity index (χ4v) is 3.47. The highest BCUT2D eigenvalue weighted by Crippen LogP contribution is 2.38. The van der Waals surface area contributed by atoms with Crippen molar-refractivity contribution in [2.24, 2.45) is 11.3 Å². The molecule has 1 saturated carbocycles. The predicted molar refractivity (Wildman–Crippen MR) is 80.0 cm³/mol. The first kappa shape index (κ1) is 15.9. The van der Waals surface area contributed by atoms with Crippen molar-refractivity contribution in [1.82, 2.24) is 15.1 Å². The normalized spacial score (nSPS) is 28.0. The van der Waals surface area contributed by atoms with Gasteiger partial charge >= 0.3 is 0 Å². The summed E-state index contributed by atoms with van der Waals surface area (Å²) < 4.78 is 0. The van der Waals surface area contributed by atoms with E-state index in [1.807, 2.05) is 0 Å². The van der Waals surface area contributed by atoms with Gasteiger partial charge in [0.05, 0.1) is 0 Å². The minimum Gasteiger partial charge on any atom is -0.316 e. The zero-order chi connectivity index (χ0) is 13.8. The maximum absolute atomic E-state index is 3.58. The molecule has 0 amide bonds. The summed E-state index contributed by atoms with van der Waals surface area (Å²) in [6.07, 6.45) is 4.12. The van der Waals surface area contributed by atoms with Crippen LogP contribution in [-0.2, 0) is 0 Å². The molecular formula is C15H33N3. The van der Waals surface area contributed by atoms with Crippen molar-refractivity contribution < 1.29 is 0 Å². The van der Waals surface area contributed by atoms with Gasteiger partial charge < -0.3 is 15.1 Å². The molecule has 1 N–H and O–H groups in total. The van der Waals surface area contributed by atoms with E-state index in [4.69, 9.17) is 0 Å². The Labute approximate surface area is 114 Å². The highest BCUT2D eigenvalue weighted by atomic mass is 15.2. The molecule has 0 aromatic carbocycles. The molecule has 2 unspecified atom stereocenters. The van der Waals surface area contributed by atoms with E-state index in [0.717, 1.165) is 12.5 Å². The summed E-state index contributed by atoms with van der Waals surface area (Å²) in [6, 6.07) is 0.660. The summed E-state index contributed by atoms with van der Waals surface area (Å²) in [5.41, 5.74) is 0.444. The Hall–Kier alpha value is -0.120. The van der Waals surface area contributed by atoms with Crippen LogP contribution >= 0.6 is 0 Å². The van der Waals surface area contributed by atoms with E-state index in [0.29, 0.717) is 11.5 Å². The third-order valence-corrected chi connectivity index (χ3v) is 4.50. The van der Waals surface area contributed by atoms with Crippen molar-refractivity contribution in [3.63, 3.8) is 0 Å². The van der Waals surface area contributed by atoms with Crippen LogP contribution in [0.3, 0.4) is 0 Å². The van der Waals surface area contributed by atoms with Crippen molar-refractivity contribution in [3.05, 3.63) is 0 Å². The Balaban J connectivity index is 2.48. The summed E-state index contributed by atoms with van der Waals surface area (Å²) in [5.74, 6) is 0.797. The van der Waals surface area contributed by atoms with Gasteiger partial charge in [-0.25, -0.2) is 0 Å². The summed E-state index contributed by atoms with van der Waals surface area (Å²) in [4.78, 5) is 4.76. The van der Waals surface area contributed by atoms with Crippen molar-refractivity contribution in [2.45, 2.75) is 39.2 Å². The van der Waals surface area contributed by atoms with Crippen molar-refractivity contribution >= 4 is 0 Å². The number of hydrogen-bond donors (Lipinski definition) is 1. The van der Waals surface area contributed by atoms with Gasteiger partial charge in [0, 0.05) is 25.7 Å². The lowest BCUT2D eigenvalue weighted by Crippen LogP contribution is -2.51. The molecule has 0 heterocycles. The van der Waals surface area contributed by atoms with Crippen LogP contribution in [0.2, 0.25) is 0 Å². The first-order chi connectivity index (χ1) is 8.36. The van der Waals surface area contributed by atoms with Crippen LogP contribution in [0.15, 0.2) is 0 Å². The number of nitrogens with zero attached hydrogens (tertiary/aromatic N) is 2. The van der Waals surface area contributed by atoms with Gasteiger partial charge in [0.1, 0.15) is 0 Å². The lowest BCUT2D eigenvalue weighted by Gasteiger charge is -2.45. The Bertz CT molecular complexity index is 238. The van der Waals surface area contributed by atoms with E-state index in [1.165, 1.54) is 32.4 Å². The molecule has 3 nitrogen and oxygen atoms in total. The Morgan fingerprint density at radius 1 is 1.17 bits per heavy atom. The monoisotopic (exact) mass is 255 g/mol. The van der Waals surface area contributed by atoms with Gasteiger partial charge in [-0.3, -0.25) is 0 Å². The third kappa shape index (κ3) is 4.52. The first-order valence-electron chi connectivity index (χ1n) is 7.37. The second-order valence-electron chi connectivity index (χ2n) is 6.97. The van der Waals surface area contributed by atoms with E-state index in [-0.39, 0.29) is 0 Å². The van der Waals surface area contributed by atoms with Gasteiger partial charge in [0.25, 0.3) is 0 Å². The van der Waals surface area contributed by atoms with Crippen LogP contribution in [0.1, 0.15) is 33.1 Å². The van der Waals surface area contributed by atoms with E-state index >= 15 is 0 Å². The van der Waals surface area contributed by atoms with Crippen molar-refractivity contribution in [1.29, 1.82) is 0 Å². The summed E-state index contributed by atoms with van der Waals surface area (Å²) in [5, 5.41) is 3.58. The molecule has 2 atom stereocenters. The van der Waals surface area contributed by atoms with Crippen LogP contribution in [0.4, 0.5) is 0 Å². The van der Waals surface area contributed by atoms with Gasteiger partial charge in [0.2, 0.25) is 0 Å². The maximum atomic E-state index is 3.58. The molecule has 18 heavy (non-hydrogen) atoms.